The number of furan rings is 1. The van der Waals surface area contributed by atoms with Gasteiger partial charge < -0.3 is 13.8 Å². The number of aromatic nitrogens is 1. The summed E-state index contributed by atoms with van der Waals surface area (Å²) in [5.74, 6) is 0. The van der Waals surface area contributed by atoms with E-state index in [0.29, 0.717) is 0 Å². The fourth-order valence-electron chi connectivity index (χ4n) is 14.5. The lowest BCUT2D eigenvalue weighted by molar-refractivity contribution is 0.332. The Balaban J connectivity index is 1.09. The van der Waals surface area contributed by atoms with Gasteiger partial charge >= 0.3 is 6.85 Å². The molecule has 0 saturated heterocycles. The molecule has 0 saturated carbocycles. The molecule has 0 N–H and O–H groups in total. The van der Waals surface area contributed by atoms with Crippen LogP contribution >= 0.6 is 0 Å². The molecule has 0 radical (unpaired) electrons. The molecule has 0 bridgehead atoms. The van der Waals surface area contributed by atoms with E-state index >= 15 is 0 Å². The topological polar surface area (TPSA) is 21.3 Å². The van der Waals surface area contributed by atoms with E-state index in [1.165, 1.54) is 146 Å². The molecule has 10 aromatic rings. The van der Waals surface area contributed by atoms with E-state index in [1.807, 2.05) is 0 Å². The summed E-state index contributed by atoms with van der Waals surface area (Å²) < 4.78 is 9.77. The molecule has 4 heteroatoms. The van der Waals surface area contributed by atoms with Crippen molar-refractivity contribution in [2.75, 3.05) is 4.81 Å². The molecule has 0 unspecified atom stereocenters. The highest BCUT2D eigenvalue weighted by molar-refractivity contribution is 6.93. The summed E-state index contributed by atoms with van der Waals surface area (Å²) in [6.07, 6.45) is 2.34. The molecule has 2 aromatic heterocycles. The van der Waals surface area contributed by atoms with Crippen LogP contribution in [0.4, 0.5) is 11.4 Å². The molecule has 8 aromatic carbocycles. The number of rotatable bonds is 1. The minimum absolute atomic E-state index is 0.0231. The van der Waals surface area contributed by atoms with Crippen LogP contribution < -0.4 is 15.7 Å². The van der Waals surface area contributed by atoms with Crippen molar-refractivity contribution >= 4 is 72.9 Å². The van der Waals surface area contributed by atoms with Crippen LogP contribution in [0.1, 0.15) is 128 Å². The number of benzene rings is 8. The minimum Gasteiger partial charge on any atom is -0.456 e. The highest BCUT2D eigenvalue weighted by atomic mass is 16.3. The molecular formula is C66H59BN2O. The Hall–Kier alpha value is -6.78. The Labute approximate surface area is 412 Å². The van der Waals surface area contributed by atoms with Gasteiger partial charge in [-0.05, 0) is 161 Å². The lowest BCUT2D eigenvalue weighted by atomic mass is 9.43. The molecule has 0 spiro atoms. The van der Waals surface area contributed by atoms with E-state index < -0.39 is 0 Å². The Morgan fingerprint density at radius 1 is 0.471 bits per heavy atom. The van der Waals surface area contributed by atoms with Crippen molar-refractivity contribution in [2.45, 2.75) is 116 Å². The molecular weight excluding hydrogens is 848 g/mol. The zero-order valence-corrected chi connectivity index (χ0v) is 42.5. The largest absolute Gasteiger partial charge is 0.456 e. The molecule has 0 atom stereocenters. The Morgan fingerprint density at radius 3 is 1.74 bits per heavy atom. The average Bonchev–Trinajstić information content (AvgIpc) is 4.00. The molecule has 5 aliphatic rings. The molecule has 0 fully saturated rings. The van der Waals surface area contributed by atoms with Crippen LogP contribution in [-0.4, -0.2) is 11.4 Å². The molecule has 70 heavy (non-hydrogen) atoms. The van der Waals surface area contributed by atoms with Crippen molar-refractivity contribution in [3.05, 3.63) is 172 Å². The molecule has 3 aliphatic carbocycles. The SMILES string of the molecule is CC(C)(C)c1ccc(N2B3c4cc5c(cc4-n4c6cc7c(cc6c6ccc(c3c64)-c3cc4oc6cc8c(cc6c4cc32)C(C)(C)CCC8(C)C)-c2ccccc2C7(C)C)-c2ccccc2C5(C)C)cc1. The number of anilines is 2. The smallest absolute Gasteiger partial charge is 0.333 e. The van der Waals surface area contributed by atoms with E-state index in [-0.39, 0.29) is 33.9 Å². The van der Waals surface area contributed by atoms with Crippen molar-refractivity contribution in [1.29, 1.82) is 0 Å². The van der Waals surface area contributed by atoms with Gasteiger partial charge in [0.05, 0.1) is 11.0 Å². The number of hydrogen-bond acceptors (Lipinski definition) is 2. The van der Waals surface area contributed by atoms with Crippen LogP contribution in [0.15, 0.2) is 138 Å². The summed E-state index contributed by atoms with van der Waals surface area (Å²) >= 11 is 0. The van der Waals surface area contributed by atoms with Crippen LogP contribution in [0.2, 0.25) is 0 Å². The average molecular weight is 907 g/mol. The Bertz CT molecular complexity index is 4050. The monoisotopic (exact) mass is 906 g/mol. The van der Waals surface area contributed by atoms with Gasteiger partial charge in [-0.3, -0.25) is 0 Å². The zero-order chi connectivity index (χ0) is 47.9. The molecule has 0 amide bonds. The second-order valence-corrected chi connectivity index (χ2v) is 25.2. The molecule has 342 valence electrons. The van der Waals surface area contributed by atoms with Gasteiger partial charge in [0.2, 0.25) is 0 Å². The first-order chi connectivity index (χ1) is 33.3. The summed E-state index contributed by atoms with van der Waals surface area (Å²) in [6.45, 7) is 26.2. The molecule has 15 rings (SSSR count). The number of nitrogens with zero attached hydrogens (tertiary/aromatic N) is 2. The van der Waals surface area contributed by atoms with Gasteiger partial charge in [0.1, 0.15) is 11.2 Å². The van der Waals surface area contributed by atoms with Crippen molar-refractivity contribution in [3.8, 4) is 39.1 Å². The van der Waals surface area contributed by atoms with Gasteiger partial charge in [0.15, 0.2) is 0 Å². The van der Waals surface area contributed by atoms with Gasteiger partial charge in [0.25, 0.3) is 0 Å². The standard InChI is InChI=1S/C66H59BN2O/c1-62(2,3)36-20-22-37(23-21-36)69-56-31-47-46-29-52-53(64(6,7)27-26-63(52,4)5)35-59(46)70-58(47)32-45(56)40-24-25-41-44-28-42-38-16-12-14-18-48(38)66(10,11)51(42)34-55(44)68-57-30-43-39-17-13-15-19-49(39)65(8,9)50(43)33-54(57)67(69)60(40)61(41)68/h12-25,28-35H,26-27H2,1-11H3. The number of hydrogen-bond donors (Lipinski definition) is 0. The van der Waals surface area contributed by atoms with E-state index in [0.717, 1.165) is 11.2 Å². The van der Waals surface area contributed by atoms with Gasteiger partial charge in [-0.15, -0.1) is 0 Å². The van der Waals surface area contributed by atoms with Crippen LogP contribution in [0.25, 0.3) is 82.8 Å². The molecule has 2 aliphatic heterocycles. The van der Waals surface area contributed by atoms with Gasteiger partial charge in [-0.25, -0.2) is 0 Å². The lowest BCUT2D eigenvalue weighted by Crippen LogP contribution is -2.60. The van der Waals surface area contributed by atoms with Crippen LogP contribution in [0.3, 0.4) is 0 Å². The Morgan fingerprint density at radius 2 is 1.07 bits per heavy atom. The molecule has 3 nitrogen and oxygen atoms in total. The quantitative estimate of drug-likeness (QED) is 0.153. The van der Waals surface area contributed by atoms with Crippen molar-refractivity contribution in [3.63, 3.8) is 0 Å². The Kier molecular flexibility index (Phi) is 7.48. The van der Waals surface area contributed by atoms with Crippen molar-refractivity contribution in [2.24, 2.45) is 0 Å². The van der Waals surface area contributed by atoms with Gasteiger partial charge in [-0.2, -0.15) is 0 Å². The lowest BCUT2D eigenvalue weighted by Gasteiger charge is -2.42. The first-order valence-electron chi connectivity index (χ1n) is 25.8. The first-order valence-corrected chi connectivity index (χ1v) is 25.8. The summed E-state index contributed by atoms with van der Waals surface area (Å²) in [5, 5.41) is 5.02. The highest BCUT2D eigenvalue weighted by Gasteiger charge is 2.48. The van der Waals surface area contributed by atoms with E-state index in [1.54, 1.807) is 0 Å². The summed E-state index contributed by atoms with van der Waals surface area (Å²) in [5.41, 5.74) is 28.6. The summed E-state index contributed by atoms with van der Waals surface area (Å²) in [6, 6.07) is 52.7. The molecule has 4 heterocycles. The van der Waals surface area contributed by atoms with E-state index in [4.69, 9.17) is 4.42 Å². The zero-order valence-electron chi connectivity index (χ0n) is 42.5. The fourth-order valence-corrected chi connectivity index (χ4v) is 14.5. The van der Waals surface area contributed by atoms with Crippen LogP contribution in [0.5, 0.6) is 0 Å². The number of fused-ring (bicyclic) bond motifs is 18. The summed E-state index contributed by atoms with van der Waals surface area (Å²) in [4.78, 5) is 2.72. The van der Waals surface area contributed by atoms with Crippen molar-refractivity contribution < 1.29 is 4.42 Å². The first kappa shape index (κ1) is 41.0. The predicted octanol–water partition coefficient (Wildman–Crippen LogP) is 16.2. The van der Waals surface area contributed by atoms with Gasteiger partial charge in [-0.1, -0.05) is 155 Å². The maximum atomic E-state index is 7.09. The predicted molar refractivity (Wildman–Crippen MR) is 296 cm³/mol. The van der Waals surface area contributed by atoms with Crippen molar-refractivity contribution in [1.82, 2.24) is 4.57 Å². The summed E-state index contributed by atoms with van der Waals surface area (Å²) in [7, 11) is 0. The third kappa shape index (κ3) is 4.98. The maximum Gasteiger partial charge on any atom is 0.333 e. The second kappa shape index (κ2) is 12.8. The third-order valence-electron chi connectivity index (χ3n) is 18.6. The third-order valence-corrected chi connectivity index (χ3v) is 18.6. The fraction of sp³-hybridized carbons (Fsp3) is 0.273. The van der Waals surface area contributed by atoms with Gasteiger partial charge in [0, 0.05) is 55.0 Å². The van der Waals surface area contributed by atoms with E-state index in [2.05, 4.69) is 219 Å². The van der Waals surface area contributed by atoms with E-state index in [9.17, 15) is 0 Å². The normalized spacial score (nSPS) is 17.9. The second-order valence-electron chi connectivity index (χ2n) is 25.2. The van der Waals surface area contributed by atoms with Crippen LogP contribution in [0, 0.1) is 0 Å². The van der Waals surface area contributed by atoms with Crippen LogP contribution in [-0.2, 0) is 27.1 Å². The maximum absolute atomic E-state index is 7.09. The highest BCUT2D eigenvalue weighted by Crippen LogP contribution is 2.56. The minimum atomic E-state index is -0.166.